The third kappa shape index (κ3) is 4.01. The lowest BCUT2D eigenvalue weighted by molar-refractivity contribution is 0.668. The Bertz CT molecular complexity index is 2960. The molecule has 49 heavy (non-hydrogen) atoms. The van der Waals surface area contributed by atoms with Crippen LogP contribution in [-0.2, 0) is 0 Å². The van der Waals surface area contributed by atoms with Crippen LogP contribution < -0.4 is 4.90 Å². The molecule has 0 bridgehead atoms. The van der Waals surface area contributed by atoms with Crippen molar-refractivity contribution < 1.29 is 13.3 Å². The standard InChI is InChI=1S/C43H24N2O3S/c1-2-8-25(9-3-1)43-44-42-40(49-43)21-20-39-41(42)33-24-28(16-19-38(33)48-39)45(26-14-17-36-31(22-26)29-10-4-6-12-34(29)46-36)27-15-18-37-32(23-27)30-11-5-7-13-35(30)47-37/h1-24H. The van der Waals surface area contributed by atoms with Crippen LogP contribution in [0.1, 0.15) is 0 Å². The molecule has 6 heteroatoms. The van der Waals surface area contributed by atoms with Crippen LogP contribution in [0.25, 0.3) is 86.6 Å². The van der Waals surface area contributed by atoms with Gasteiger partial charge in [0.15, 0.2) is 0 Å². The van der Waals surface area contributed by atoms with Crippen LogP contribution >= 0.6 is 11.3 Å². The second kappa shape index (κ2) is 10.1. The van der Waals surface area contributed by atoms with Crippen molar-refractivity contribution in [1.29, 1.82) is 0 Å². The maximum absolute atomic E-state index is 6.43. The SMILES string of the molecule is c1ccc(-c2nc3c(ccc4oc5ccc(N(c6ccc7oc8ccccc8c7c6)c6ccc7oc8ccccc8c7c6)cc5c43)s2)cc1. The van der Waals surface area contributed by atoms with Gasteiger partial charge < -0.3 is 18.2 Å². The van der Waals surface area contributed by atoms with Crippen molar-refractivity contribution in [2.45, 2.75) is 0 Å². The molecule has 0 fully saturated rings. The molecule has 4 heterocycles. The summed E-state index contributed by atoms with van der Waals surface area (Å²) in [5.74, 6) is 0. The molecular formula is C43H24N2O3S. The van der Waals surface area contributed by atoms with Gasteiger partial charge in [-0.1, -0.05) is 66.7 Å². The molecule has 0 aliphatic carbocycles. The lowest BCUT2D eigenvalue weighted by Crippen LogP contribution is -2.09. The predicted octanol–water partition coefficient (Wildman–Crippen LogP) is 13.1. The summed E-state index contributed by atoms with van der Waals surface area (Å²) in [5.41, 5.74) is 10.2. The Hall–Kier alpha value is -6.37. The number of furan rings is 3. The highest BCUT2D eigenvalue weighted by Gasteiger charge is 2.21. The fraction of sp³-hybridized carbons (Fsp3) is 0. The summed E-state index contributed by atoms with van der Waals surface area (Å²) in [6.45, 7) is 0. The number of para-hydroxylation sites is 2. The molecule has 0 unspecified atom stereocenters. The number of rotatable bonds is 4. The molecule has 0 radical (unpaired) electrons. The first-order valence-electron chi connectivity index (χ1n) is 16.2. The van der Waals surface area contributed by atoms with Crippen LogP contribution in [0.4, 0.5) is 17.1 Å². The van der Waals surface area contributed by atoms with Crippen LogP contribution in [0, 0.1) is 0 Å². The molecule has 5 nitrogen and oxygen atoms in total. The number of thiazole rings is 1. The van der Waals surface area contributed by atoms with Gasteiger partial charge in [0.1, 0.15) is 38.5 Å². The fourth-order valence-corrected chi connectivity index (χ4v) is 8.22. The van der Waals surface area contributed by atoms with Gasteiger partial charge in [0, 0.05) is 49.6 Å². The molecule has 0 atom stereocenters. The summed E-state index contributed by atoms with van der Waals surface area (Å²) in [7, 11) is 0. The molecule has 0 saturated heterocycles. The number of aromatic nitrogens is 1. The van der Waals surface area contributed by atoms with Crippen molar-refractivity contribution in [1.82, 2.24) is 4.98 Å². The molecule has 0 aliphatic rings. The molecule has 0 amide bonds. The molecule has 0 aliphatic heterocycles. The van der Waals surface area contributed by atoms with Gasteiger partial charge in [0.05, 0.1) is 15.6 Å². The van der Waals surface area contributed by atoms with E-state index in [0.29, 0.717) is 0 Å². The molecule has 4 aromatic heterocycles. The molecule has 230 valence electrons. The highest BCUT2D eigenvalue weighted by molar-refractivity contribution is 7.21. The molecule has 0 saturated carbocycles. The quantitative estimate of drug-likeness (QED) is 0.190. The average Bonchev–Trinajstić information content (AvgIpc) is 3.93. The second-order valence-corrected chi connectivity index (χ2v) is 13.4. The summed E-state index contributed by atoms with van der Waals surface area (Å²) in [6.07, 6.45) is 0. The van der Waals surface area contributed by atoms with E-state index in [1.165, 1.54) is 0 Å². The van der Waals surface area contributed by atoms with E-state index in [9.17, 15) is 0 Å². The minimum atomic E-state index is 0.827. The monoisotopic (exact) mass is 648 g/mol. The van der Waals surface area contributed by atoms with Crippen molar-refractivity contribution in [2.24, 2.45) is 0 Å². The van der Waals surface area contributed by atoms with Gasteiger partial charge >= 0.3 is 0 Å². The fourth-order valence-electron chi connectivity index (χ4n) is 7.24. The molecule has 0 spiro atoms. The minimum Gasteiger partial charge on any atom is -0.456 e. The summed E-state index contributed by atoms with van der Waals surface area (Å²) >= 11 is 1.71. The molecular weight excluding hydrogens is 625 g/mol. The normalized spacial score (nSPS) is 12.1. The lowest BCUT2D eigenvalue weighted by Gasteiger charge is -2.25. The largest absolute Gasteiger partial charge is 0.456 e. The topological polar surface area (TPSA) is 55.6 Å². The summed E-state index contributed by atoms with van der Waals surface area (Å²) in [6, 6.07) is 50.2. The summed E-state index contributed by atoms with van der Waals surface area (Å²) in [4.78, 5) is 7.47. The maximum Gasteiger partial charge on any atom is 0.137 e. The third-order valence-electron chi connectivity index (χ3n) is 9.49. The van der Waals surface area contributed by atoms with Gasteiger partial charge in [-0.15, -0.1) is 11.3 Å². The van der Waals surface area contributed by atoms with Gasteiger partial charge in [0.2, 0.25) is 0 Å². The number of fused-ring (bicyclic) bond motifs is 11. The van der Waals surface area contributed by atoms with Crippen molar-refractivity contribution in [2.75, 3.05) is 4.90 Å². The first-order valence-corrected chi connectivity index (χ1v) is 17.0. The van der Waals surface area contributed by atoms with Crippen LogP contribution in [0.5, 0.6) is 0 Å². The van der Waals surface area contributed by atoms with E-state index in [4.69, 9.17) is 18.2 Å². The van der Waals surface area contributed by atoms with Gasteiger partial charge in [-0.25, -0.2) is 4.98 Å². The van der Waals surface area contributed by atoms with Gasteiger partial charge in [0.25, 0.3) is 0 Å². The number of hydrogen-bond acceptors (Lipinski definition) is 6. The van der Waals surface area contributed by atoms with Crippen molar-refractivity contribution in [3.8, 4) is 10.6 Å². The second-order valence-electron chi connectivity index (χ2n) is 12.3. The molecule has 11 rings (SSSR count). The van der Waals surface area contributed by atoms with Crippen LogP contribution in [0.15, 0.2) is 159 Å². The highest BCUT2D eigenvalue weighted by atomic mass is 32.1. The number of nitrogens with zero attached hydrogens (tertiary/aromatic N) is 2. The van der Waals surface area contributed by atoms with Crippen molar-refractivity contribution in [3.05, 3.63) is 146 Å². The Kier molecular flexibility index (Phi) is 5.48. The Labute approximate surface area is 282 Å². The van der Waals surface area contributed by atoms with E-state index < -0.39 is 0 Å². The lowest BCUT2D eigenvalue weighted by atomic mass is 10.1. The van der Waals surface area contributed by atoms with Crippen molar-refractivity contribution in [3.63, 3.8) is 0 Å². The average molecular weight is 649 g/mol. The van der Waals surface area contributed by atoms with Crippen LogP contribution in [0.2, 0.25) is 0 Å². The number of benzene rings is 7. The van der Waals surface area contributed by atoms with Gasteiger partial charge in [-0.2, -0.15) is 0 Å². The highest BCUT2D eigenvalue weighted by Crippen LogP contribution is 2.44. The maximum atomic E-state index is 6.43. The Morgan fingerprint density at radius 3 is 1.55 bits per heavy atom. The smallest absolute Gasteiger partial charge is 0.137 e. The van der Waals surface area contributed by atoms with Crippen LogP contribution in [-0.4, -0.2) is 4.98 Å². The zero-order chi connectivity index (χ0) is 32.1. The van der Waals surface area contributed by atoms with Gasteiger partial charge in [-0.05, 0) is 78.9 Å². The first kappa shape index (κ1) is 26.7. The molecule has 0 N–H and O–H groups in total. The Balaban J connectivity index is 1.16. The van der Waals surface area contributed by atoms with Crippen molar-refractivity contribution >= 4 is 104 Å². The first-order chi connectivity index (χ1) is 24.2. The van der Waals surface area contributed by atoms with Gasteiger partial charge in [-0.3, -0.25) is 0 Å². The van der Waals surface area contributed by atoms with E-state index in [-0.39, 0.29) is 0 Å². The van der Waals surface area contributed by atoms with E-state index in [1.54, 1.807) is 11.3 Å². The minimum absolute atomic E-state index is 0.827. The van der Waals surface area contributed by atoms with E-state index in [1.807, 2.05) is 30.3 Å². The molecule has 11 aromatic rings. The zero-order valence-corrected chi connectivity index (χ0v) is 26.7. The summed E-state index contributed by atoms with van der Waals surface area (Å²) < 4.78 is 20.0. The van der Waals surface area contributed by atoms with E-state index in [2.05, 4.69) is 120 Å². The zero-order valence-electron chi connectivity index (χ0n) is 25.9. The number of hydrogen-bond donors (Lipinski definition) is 0. The Morgan fingerprint density at radius 1 is 0.429 bits per heavy atom. The van der Waals surface area contributed by atoms with Crippen LogP contribution in [0.3, 0.4) is 0 Å². The number of anilines is 3. The Morgan fingerprint density at radius 2 is 0.918 bits per heavy atom. The summed E-state index contributed by atoms with van der Waals surface area (Å²) in [5, 5.41) is 7.37. The third-order valence-corrected chi connectivity index (χ3v) is 10.6. The molecule has 7 aromatic carbocycles. The van der Waals surface area contributed by atoms with E-state index in [0.717, 1.165) is 104 Å². The predicted molar refractivity (Wildman–Crippen MR) is 202 cm³/mol. The van der Waals surface area contributed by atoms with E-state index >= 15 is 0 Å².